The summed E-state index contributed by atoms with van der Waals surface area (Å²) in [4.78, 5) is 4.10. The first-order valence-corrected chi connectivity index (χ1v) is 4.79. The molecule has 0 saturated heterocycles. The summed E-state index contributed by atoms with van der Waals surface area (Å²) in [5, 5.41) is 0. The molecule has 1 aliphatic heterocycles. The number of rotatable bonds is 2. The molecule has 0 saturated carbocycles. The van der Waals surface area contributed by atoms with Crippen molar-refractivity contribution < 1.29 is 9.47 Å². The molecule has 2 rings (SSSR count). The Kier molecular flexibility index (Phi) is 2.68. The molecule has 1 heterocycles. The summed E-state index contributed by atoms with van der Waals surface area (Å²) in [7, 11) is 3.20. The summed E-state index contributed by atoms with van der Waals surface area (Å²) in [5.74, 6) is 1.34. The molecule has 0 fully saturated rings. The summed E-state index contributed by atoms with van der Waals surface area (Å²) in [6, 6.07) is 3.69. The minimum atomic E-state index is 0.448. The second kappa shape index (κ2) is 3.98. The Balaban J connectivity index is 2.54. The Hall–Kier alpha value is -1.42. The molecule has 5 heteroatoms. The summed E-state index contributed by atoms with van der Waals surface area (Å²) in [6.07, 6.45) is 1.77. The van der Waals surface area contributed by atoms with Crippen LogP contribution in [0.1, 0.15) is 5.56 Å². The van der Waals surface area contributed by atoms with Gasteiger partial charge in [-0.05, 0) is 6.07 Å². The number of benzene rings is 1. The van der Waals surface area contributed by atoms with Crippen LogP contribution in [0, 0.1) is 0 Å². The van der Waals surface area contributed by atoms with Gasteiger partial charge < -0.3 is 9.47 Å². The van der Waals surface area contributed by atoms with Gasteiger partial charge in [0.05, 0.1) is 19.9 Å². The SMILES string of the molecule is COc1cc2c(cc1OC)N(Cl)CN=C2. The first-order chi connectivity index (χ1) is 7.26. The highest BCUT2D eigenvalue weighted by Crippen LogP contribution is 2.36. The fourth-order valence-corrected chi connectivity index (χ4v) is 1.69. The molecule has 0 N–H and O–H groups in total. The predicted octanol–water partition coefficient (Wildman–Crippen LogP) is 2.05. The zero-order valence-corrected chi connectivity index (χ0v) is 9.28. The monoisotopic (exact) mass is 226 g/mol. The largest absolute Gasteiger partial charge is 0.493 e. The van der Waals surface area contributed by atoms with E-state index in [9.17, 15) is 0 Å². The zero-order chi connectivity index (χ0) is 10.8. The third-order valence-electron chi connectivity index (χ3n) is 2.23. The summed E-state index contributed by atoms with van der Waals surface area (Å²) in [5.41, 5.74) is 1.80. The number of hydrogen-bond donors (Lipinski definition) is 0. The van der Waals surface area contributed by atoms with Gasteiger partial charge in [-0.3, -0.25) is 9.41 Å². The van der Waals surface area contributed by atoms with E-state index >= 15 is 0 Å². The van der Waals surface area contributed by atoms with Crippen molar-refractivity contribution in [3.8, 4) is 11.5 Å². The molecular weight excluding hydrogens is 216 g/mol. The van der Waals surface area contributed by atoms with Crippen molar-refractivity contribution in [3.63, 3.8) is 0 Å². The van der Waals surface area contributed by atoms with Crippen molar-refractivity contribution in [3.05, 3.63) is 17.7 Å². The molecule has 1 aromatic rings. The maximum Gasteiger partial charge on any atom is 0.162 e. The molecule has 0 atom stereocenters. The Morgan fingerprint density at radius 2 is 1.93 bits per heavy atom. The van der Waals surface area contributed by atoms with E-state index in [2.05, 4.69) is 4.99 Å². The van der Waals surface area contributed by atoms with Crippen LogP contribution < -0.4 is 13.9 Å². The average molecular weight is 227 g/mol. The van der Waals surface area contributed by atoms with Gasteiger partial charge in [0, 0.05) is 29.6 Å². The van der Waals surface area contributed by atoms with Crippen molar-refractivity contribution >= 4 is 23.7 Å². The molecule has 1 aromatic carbocycles. The Labute approximate surface area is 93.2 Å². The first-order valence-electron chi connectivity index (χ1n) is 4.45. The fraction of sp³-hybridized carbons (Fsp3) is 0.300. The summed E-state index contributed by atoms with van der Waals surface area (Å²) < 4.78 is 11.9. The maximum absolute atomic E-state index is 5.99. The molecule has 0 bridgehead atoms. The van der Waals surface area contributed by atoms with E-state index in [1.54, 1.807) is 20.4 Å². The molecule has 0 aromatic heterocycles. The van der Waals surface area contributed by atoms with Gasteiger partial charge >= 0.3 is 0 Å². The molecule has 0 spiro atoms. The lowest BCUT2D eigenvalue weighted by Gasteiger charge is -2.21. The molecule has 4 nitrogen and oxygen atoms in total. The highest BCUT2D eigenvalue weighted by atomic mass is 35.5. The van der Waals surface area contributed by atoms with Crippen LogP contribution >= 0.6 is 11.8 Å². The van der Waals surface area contributed by atoms with E-state index in [0.717, 1.165) is 11.3 Å². The van der Waals surface area contributed by atoms with E-state index in [1.165, 1.54) is 4.42 Å². The van der Waals surface area contributed by atoms with Crippen LogP contribution in [0.3, 0.4) is 0 Å². The maximum atomic E-state index is 5.99. The second-order valence-corrected chi connectivity index (χ2v) is 3.49. The third-order valence-corrected chi connectivity index (χ3v) is 2.52. The Bertz CT molecular complexity index is 407. The molecule has 0 unspecified atom stereocenters. The topological polar surface area (TPSA) is 34.1 Å². The van der Waals surface area contributed by atoms with Crippen molar-refractivity contribution in [1.82, 2.24) is 0 Å². The molecule has 80 valence electrons. The van der Waals surface area contributed by atoms with Crippen LogP contribution in [0.2, 0.25) is 0 Å². The van der Waals surface area contributed by atoms with Crippen molar-refractivity contribution in [1.29, 1.82) is 0 Å². The van der Waals surface area contributed by atoms with Crippen LogP contribution in [-0.4, -0.2) is 27.1 Å². The second-order valence-electron chi connectivity index (χ2n) is 3.08. The van der Waals surface area contributed by atoms with Gasteiger partial charge in [-0.2, -0.15) is 0 Å². The van der Waals surface area contributed by atoms with E-state index < -0.39 is 0 Å². The number of nitrogens with zero attached hydrogens (tertiary/aromatic N) is 2. The zero-order valence-electron chi connectivity index (χ0n) is 8.53. The first kappa shape index (κ1) is 10.1. The smallest absolute Gasteiger partial charge is 0.162 e. The lowest BCUT2D eigenvalue weighted by molar-refractivity contribution is 0.355. The highest BCUT2D eigenvalue weighted by molar-refractivity contribution is 6.27. The fourth-order valence-electron chi connectivity index (χ4n) is 1.48. The minimum absolute atomic E-state index is 0.448. The van der Waals surface area contributed by atoms with E-state index in [4.69, 9.17) is 21.3 Å². The van der Waals surface area contributed by atoms with Gasteiger partial charge in [-0.15, -0.1) is 0 Å². The highest BCUT2D eigenvalue weighted by Gasteiger charge is 2.16. The standard InChI is InChI=1S/C10H11ClN2O2/c1-14-9-3-7-5-12-6-13(11)8(7)4-10(9)15-2/h3-5H,6H2,1-2H3. The van der Waals surface area contributed by atoms with Crippen LogP contribution in [0.5, 0.6) is 11.5 Å². The van der Waals surface area contributed by atoms with Gasteiger partial charge in [-0.25, -0.2) is 0 Å². The number of methoxy groups -OCH3 is 2. The number of anilines is 1. The third kappa shape index (κ3) is 1.72. The van der Waals surface area contributed by atoms with Gasteiger partial charge in [0.15, 0.2) is 11.5 Å². The average Bonchev–Trinajstić information content (AvgIpc) is 2.28. The normalized spacial score (nSPS) is 13.7. The van der Waals surface area contributed by atoms with E-state index in [-0.39, 0.29) is 0 Å². The summed E-state index contributed by atoms with van der Waals surface area (Å²) in [6.45, 7) is 0.448. The predicted molar refractivity (Wildman–Crippen MR) is 60.3 cm³/mol. The number of ether oxygens (including phenoxy) is 2. The molecule has 0 radical (unpaired) electrons. The number of halogens is 1. The van der Waals surface area contributed by atoms with E-state index in [1.807, 2.05) is 12.1 Å². The van der Waals surface area contributed by atoms with Crippen LogP contribution in [-0.2, 0) is 0 Å². The van der Waals surface area contributed by atoms with Crippen molar-refractivity contribution in [2.24, 2.45) is 4.99 Å². The van der Waals surface area contributed by atoms with Gasteiger partial charge in [-0.1, -0.05) is 0 Å². The van der Waals surface area contributed by atoms with Gasteiger partial charge in [0.25, 0.3) is 0 Å². The van der Waals surface area contributed by atoms with Crippen LogP contribution in [0.15, 0.2) is 17.1 Å². The number of hydrogen-bond acceptors (Lipinski definition) is 4. The Morgan fingerprint density at radius 1 is 1.27 bits per heavy atom. The van der Waals surface area contributed by atoms with Crippen molar-refractivity contribution in [2.45, 2.75) is 0 Å². The summed E-state index contributed by atoms with van der Waals surface area (Å²) >= 11 is 5.99. The van der Waals surface area contributed by atoms with E-state index in [0.29, 0.717) is 18.2 Å². The molecule has 1 aliphatic rings. The molecule has 0 aliphatic carbocycles. The number of fused-ring (bicyclic) bond motifs is 1. The van der Waals surface area contributed by atoms with Gasteiger partial charge in [0.2, 0.25) is 0 Å². The minimum Gasteiger partial charge on any atom is -0.493 e. The van der Waals surface area contributed by atoms with Gasteiger partial charge in [0.1, 0.15) is 6.67 Å². The quantitative estimate of drug-likeness (QED) is 0.724. The van der Waals surface area contributed by atoms with Crippen molar-refractivity contribution in [2.75, 3.05) is 25.3 Å². The van der Waals surface area contributed by atoms with Crippen LogP contribution in [0.25, 0.3) is 0 Å². The lowest BCUT2D eigenvalue weighted by atomic mass is 10.1. The number of aliphatic imine (C=N–C) groups is 1. The molecule has 0 amide bonds. The lowest BCUT2D eigenvalue weighted by Crippen LogP contribution is -2.16. The molecular formula is C10H11ClN2O2. The Morgan fingerprint density at radius 3 is 2.60 bits per heavy atom. The molecule has 15 heavy (non-hydrogen) atoms. The van der Waals surface area contributed by atoms with Crippen LogP contribution in [0.4, 0.5) is 5.69 Å².